The molecule has 1 rings (SSSR count). The standard InChI is InChI=1S/C10H9Br2N3/c11-7-10(14-15-13)6-3-8-1-4-9(12)5-2-8/h1-6,10H,7H2. The van der Waals surface area contributed by atoms with Crippen LogP contribution in [0.2, 0.25) is 0 Å². The van der Waals surface area contributed by atoms with E-state index in [2.05, 4.69) is 41.9 Å². The minimum absolute atomic E-state index is 0.140. The van der Waals surface area contributed by atoms with E-state index in [-0.39, 0.29) is 6.04 Å². The van der Waals surface area contributed by atoms with Crippen LogP contribution < -0.4 is 0 Å². The third-order valence-electron chi connectivity index (χ3n) is 1.74. The van der Waals surface area contributed by atoms with Gasteiger partial charge in [-0.25, -0.2) is 0 Å². The number of alkyl halides is 1. The fourth-order valence-electron chi connectivity index (χ4n) is 0.983. The number of hydrogen-bond acceptors (Lipinski definition) is 1. The van der Waals surface area contributed by atoms with Crippen molar-refractivity contribution in [1.82, 2.24) is 0 Å². The Kier molecular flexibility index (Phi) is 5.47. The van der Waals surface area contributed by atoms with Gasteiger partial charge < -0.3 is 0 Å². The normalized spacial score (nSPS) is 12.4. The molecule has 0 aromatic heterocycles. The minimum atomic E-state index is -0.140. The number of hydrogen-bond donors (Lipinski definition) is 0. The van der Waals surface area contributed by atoms with Crippen molar-refractivity contribution in [3.63, 3.8) is 0 Å². The Balaban J connectivity index is 2.71. The molecule has 0 bridgehead atoms. The molecule has 0 amide bonds. The van der Waals surface area contributed by atoms with Gasteiger partial charge in [0.2, 0.25) is 0 Å². The van der Waals surface area contributed by atoms with Crippen LogP contribution in [0.15, 0.2) is 39.9 Å². The van der Waals surface area contributed by atoms with Gasteiger partial charge in [0.05, 0.1) is 6.04 Å². The summed E-state index contributed by atoms with van der Waals surface area (Å²) in [6.45, 7) is 0. The number of halogens is 2. The van der Waals surface area contributed by atoms with Gasteiger partial charge in [-0.15, -0.1) is 0 Å². The lowest BCUT2D eigenvalue weighted by Gasteiger charge is -1.99. The average Bonchev–Trinajstić information content (AvgIpc) is 2.26. The first-order valence-corrected chi connectivity index (χ1v) is 6.21. The molecule has 0 aliphatic heterocycles. The molecule has 0 N–H and O–H groups in total. The molecule has 0 saturated heterocycles. The molecule has 0 saturated carbocycles. The summed E-state index contributed by atoms with van der Waals surface area (Å²) in [5.41, 5.74) is 9.38. The second-order valence-corrected chi connectivity index (χ2v) is 4.40. The van der Waals surface area contributed by atoms with Crippen LogP contribution in [0.25, 0.3) is 16.5 Å². The van der Waals surface area contributed by atoms with Crippen molar-refractivity contribution in [2.45, 2.75) is 6.04 Å². The van der Waals surface area contributed by atoms with Crippen molar-refractivity contribution >= 4 is 37.9 Å². The largest absolute Gasteiger partial charge is 0.0920 e. The first-order valence-electron chi connectivity index (χ1n) is 4.30. The summed E-state index contributed by atoms with van der Waals surface area (Å²) in [7, 11) is 0. The summed E-state index contributed by atoms with van der Waals surface area (Å²) in [5, 5.41) is 4.24. The number of benzene rings is 1. The van der Waals surface area contributed by atoms with Gasteiger partial charge in [0.1, 0.15) is 0 Å². The molecule has 15 heavy (non-hydrogen) atoms. The summed E-state index contributed by atoms with van der Waals surface area (Å²) >= 11 is 6.64. The van der Waals surface area contributed by atoms with E-state index in [1.165, 1.54) is 0 Å². The van der Waals surface area contributed by atoms with Crippen LogP contribution in [0.1, 0.15) is 5.56 Å². The van der Waals surface area contributed by atoms with Gasteiger partial charge in [-0.05, 0) is 23.2 Å². The van der Waals surface area contributed by atoms with Gasteiger partial charge in [-0.2, -0.15) is 0 Å². The van der Waals surface area contributed by atoms with Crippen molar-refractivity contribution in [1.29, 1.82) is 0 Å². The Morgan fingerprint density at radius 2 is 2.07 bits per heavy atom. The Morgan fingerprint density at radius 1 is 1.40 bits per heavy atom. The summed E-state index contributed by atoms with van der Waals surface area (Å²) in [6.07, 6.45) is 3.81. The maximum atomic E-state index is 8.30. The maximum Gasteiger partial charge on any atom is 0.0655 e. The van der Waals surface area contributed by atoms with Crippen LogP contribution in [0, 0.1) is 0 Å². The third-order valence-corrected chi connectivity index (χ3v) is 2.93. The van der Waals surface area contributed by atoms with Crippen molar-refractivity contribution < 1.29 is 0 Å². The van der Waals surface area contributed by atoms with Gasteiger partial charge in [0.25, 0.3) is 0 Å². The van der Waals surface area contributed by atoms with Crippen LogP contribution in [0.4, 0.5) is 0 Å². The van der Waals surface area contributed by atoms with E-state index in [4.69, 9.17) is 5.53 Å². The summed E-state index contributed by atoms with van der Waals surface area (Å²) in [5.74, 6) is 0. The topological polar surface area (TPSA) is 48.8 Å². The molecule has 5 heteroatoms. The van der Waals surface area contributed by atoms with E-state index in [9.17, 15) is 0 Å². The lowest BCUT2D eigenvalue weighted by Crippen LogP contribution is -1.98. The van der Waals surface area contributed by atoms with Crippen molar-refractivity contribution in [3.05, 3.63) is 50.8 Å². The van der Waals surface area contributed by atoms with Crippen LogP contribution in [-0.4, -0.2) is 11.4 Å². The molecule has 1 aromatic rings. The molecule has 78 valence electrons. The first kappa shape index (κ1) is 12.3. The molecule has 0 radical (unpaired) electrons. The summed E-state index contributed by atoms with van der Waals surface area (Å²) in [4.78, 5) is 2.77. The second-order valence-electron chi connectivity index (χ2n) is 2.84. The Labute approximate surface area is 105 Å². The second kappa shape index (κ2) is 6.67. The molecule has 0 spiro atoms. The number of nitrogens with zero attached hydrogens (tertiary/aromatic N) is 3. The molecule has 3 nitrogen and oxygen atoms in total. The zero-order valence-corrected chi connectivity index (χ0v) is 11.0. The van der Waals surface area contributed by atoms with Gasteiger partial charge in [0, 0.05) is 14.7 Å². The summed E-state index contributed by atoms with van der Waals surface area (Å²) in [6, 6.07) is 7.77. The smallest absolute Gasteiger partial charge is 0.0655 e. The fourth-order valence-corrected chi connectivity index (χ4v) is 1.59. The minimum Gasteiger partial charge on any atom is -0.0920 e. The molecule has 1 atom stereocenters. The fraction of sp³-hybridized carbons (Fsp3) is 0.200. The first-order chi connectivity index (χ1) is 7.26. The molecule has 0 fully saturated rings. The van der Waals surface area contributed by atoms with Crippen molar-refractivity contribution in [2.24, 2.45) is 5.11 Å². The quantitative estimate of drug-likeness (QED) is 0.337. The van der Waals surface area contributed by atoms with Crippen molar-refractivity contribution in [2.75, 3.05) is 5.33 Å². The molecule has 1 aromatic carbocycles. The zero-order chi connectivity index (χ0) is 11.1. The molecular formula is C10H9Br2N3. The van der Waals surface area contributed by atoms with E-state index in [0.717, 1.165) is 10.0 Å². The predicted molar refractivity (Wildman–Crippen MR) is 69.9 cm³/mol. The average molecular weight is 331 g/mol. The Morgan fingerprint density at radius 3 is 2.60 bits per heavy atom. The highest BCUT2D eigenvalue weighted by molar-refractivity contribution is 9.10. The molecular weight excluding hydrogens is 322 g/mol. The highest BCUT2D eigenvalue weighted by Gasteiger charge is 1.97. The molecule has 0 aliphatic rings. The van der Waals surface area contributed by atoms with E-state index in [1.807, 2.05) is 36.4 Å². The highest BCUT2D eigenvalue weighted by Crippen LogP contribution is 2.12. The monoisotopic (exact) mass is 329 g/mol. The Bertz CT molecular complexity index is 380. The SMILES string of the molecule is [N-]=[N+]=NC(C=Cc1ccc(Br)cc1)CBr. The zero-order valence-electron chi connectivity index (χ0n) is 7.85. The van der Waals surface area contributed by atoms with E-state index in [0.29, 0.717) is 5.33 Å². The predicted octanol–water partition coefficient (Wildman–Crippen LogP) is 4.54. The van der Waals surface area contributed by atoms with Crippen LogP contribution in [0.5, 0.6) is 0 Å². The molecule has 0 heterocycles. The molecule has 0 aliphatic carbocycles. The van der Waals surface area contributed by atoms with Gasteiger partial charge in [0.15, 0.2) is 0 Å². The van der Waals surface area contributed by atoms with E-state index < -0.39 is 0 Å². The maximum absolute atomic E-state index is 8.30. The molecule has 1 unspecified atom stereocenters. The highest BCUT2D eigenvalue weighted by atomic mass is 79.9. The summed E-state index contributed by atoms with van der Waals surface area (Å²) < 4.78 is 1.05. The van der Waals surface area contributed by atoms with Gasteiger partial charge in [-0.3, -0.25) is 0 Å². The van der Waals surface area contributed by atoms with Crippen LogP contribution in [-0.2, 0) is 0 Å². The van der Waals surface area contributed by atoms with Gasteiger partial charge in [-0.1, -0.05) is 61.3 Å². The lowest BCUT2D eigenvalue weighted by molar-refractivity contribution is 0.936. The number of rotatable bonds is 4. The number of azide groups is 1. The van der Waals surface area contributed by atoms with Crippen LogP contribution >= 0.6 is 31.9 Å². The van der Waals surface area contributed by atoms with Crippen molar-refractivity contribution in [3.8, 4) is 0 Å². The third kappa shape index (κ3) is 4.51. The lowest BCUT2D eigenvalue weighted by atomic mass is 10.2. The van der Waals surface area contributed by atoms with Gasteiger partial charge >= 0.3 is 0 Å². The Hall–Kier alpha value is -0.770. The van der Waals surface area contributed by atoms with Crippen LogP contribution in [0.3, 0.4) is 0 Å². The van der Waals surface area contributed by atoms with E-state index >= 15 is 0 Å². The van der Waals surface area contributed by atoms with E-state index in [1.54, 1.807) is 0 Å².